The molecule has 40 heavy (non-hydrogen) atoms. The Morgan fingerprint density at radius 3 is 1.73 bits per heavy atom. The van der Waals surface area contributed by atoms with Gasteiger partial charge in [-0.05, 0) is 82.1 Å². The summed E-state index contributed by atoms with van der Waals surface area (Å²) in [5.74, 6) is -0.0446. The quantitative estimate of drug-likeness (QED) is 0.0789. The van der Waals surface area contributed by atoms with Gasteiger partial charge in [0.2, 0.25) is 5.75 Å². The fraction of sp³-hybridized carbons (Fsp3) is 0.406. The SMILES string of the molecule is C=CC(=O)OCCCCCCOc1ccc(C)c(OC(=O)c2ccccc2)c1OCCCCCCOC(=O)C=C. The summed E-state index contributed by atoms with van der Waals surface area (Å²) in [6.45, 7) is 10.2. The van der Waals surface area contributed by atoms with Crippen LogP contribution in [0.1, 0.15) is 67.3 Å². The minimum atomic E-state index is -0.475. The molecular formula is C32H40O8. The number of aryl methyl sites for hydroxylation is 1. The van der Waals surface area contributed by atoms with Gasteiger partial charge < -0.3 is 23.7 Å². The van der Waals surface area contributed by atoms with Gasteiger partial charge in [-0.15, -0.1) is 0 Å². The third-order valence-electron chi connectivity index (χ3n) is 5.88. The van der Waals surface area contributed by atoms with Crippen LogP contribution in [0.5, 0.6) is 17.2 Å². The number of carbonyl (C=O) groups is 3. The fourth-order valence-corrected chi connectivity index (χ4v) is 3.68. The van der Waals surface area contributed by atoms with Crippen molar-refractivity contribution >= 4 is 17.9 Å². The molecule has 2 rings (SSSR count). The molecule has 0 spiro atoms. The molecule has 0 bridgehead atoms. The van der Waals surface area contributed by atoms with Crippen molar-refractivity contribution in [3.63, 3.8) is 0 Å². The lowest BCUT2D eigenvalue weighted by Gasteiger charge is -2.18. The number of hydrogen-bond acceptors (Lipinski definition) is 8. The highest BCUT2D eigenvalue weighted by Gasteiger charge is 2.20. The predicted octanol–water partition coefficient (Wildman–Crippen LogP) is 6.55. The van der Waals surface area contributed by atoms with E-state index in [2.05, 4.69) is 13.2 Å². The van der Waals surface area contributed by atoms with E-state index in [0.29, 0.717) is 49.2 Å². The number of hydrogen-bond donors (Lipinski definition) is 0. The molecule has 0 aliphatic carbocycles. The lowest BCUT2D eigenvalue weighted by atomic mass is 10.1. The van der Waals surface area contributed by atoms with Crippen molar-refractivity contribution in [3.05, 3.63) is 78.9 Å². The van der Waals surface area contributed by atoms with E-state index in [9.17, 15) is 14.4 Å². The maximum Gasteiger partial charge on any atom is 0.343 e. The second kappa shape index (κ2) is 19.1. The van der Waals surface area contributed by atoms with Crippen molar-refractivity contribution in [3.8, 4) is 17.2 Å². The summed E-state index contributed by atoms with van der Waals surface area (Å²) in [7, 11) is 0. The van der Waals surface area contributed by atoms with Gasteiger partial charge in [0.25, 0.3) is 0 Å². The zero-order valence-corrected chi connectivity index (χ0v) is 23.4. The lowest BCUT2D eigenvalue weighted by Crippen LogP contribution is -2.12. The molecule has 0 heterocycles. The Kier molecular flexibility index (Phi) is 15.3. The van der Waals surface area contributed by atoms with Crippen LogP contribution >= 0.6 is 0 Å². The molecular weight excluding hydrogens is 512 g/mol. The molecule has 0 saturated carbocycles. The van der Waals surface area contributed by atoms with Crippen molar-refractivity contribution in [1.82, 2.24) is 0 Å². The van der Waals surface area contributed by atoms with E-state index in [1.54, 1.807) is 24.3 Å². The van der Waals surface area contributed by atoms with Crippen molar-refractivity contribution in [2.75, 3.05) is 26.4 Å². The minimum absolute atomic E-state index is 0.340. The zero-order valence-electron chi connectivity index (χ0n) is 23.4. The van der Waals surface area contributed by atoms with Gasteiger partial charge in [-0.1, -0.05) is 37.4 Å². The summed E-state index contributed by atoms with van der Waals surface area (Å²) >= 11 is 0. The molecule has 0 atom stereocenters. The van der Waals surface area contributed by atoms with Gasteiger partial charge in [0.1, 0.15) is 0 Å². The Morgan fingerprint density at radius 1 is 0.650 bits per heavy atom. The summed E-state index contributed by atoms with van der Waals surface area (Å²) < 4.78 is 28.0. The van der Waals surface area contributed by atoms with Crippen molar-refractivity contribution < 1.29 is 38.1 Å². The van der Waals surface area contributed by atoms with E-state index in [0.717, 1.165) is 69.1 Å². The average Bonchev–Trinajstić information content (AvgIpc) is 2.97. The maximum atomic E-state index is 12.8. The van der Waals surface area contributed by atoms with Gasteiger partial charge in [0.15, 0.2) is 11.5 Å². The molecule has 216 valence electrons. The molecule has 0 aliphatic heterocycles. The highest BCUT2D eigenvalue weighted by Crippen LogP contribution is 2.41. The average molecular weight is 553 g/mol. The van der Waals surface area contributed by atoms with Crippen molar-refractivity contribution in [2.45, 2.75) is 58.3 Å². The van der Waals surface area contributed by atoms with Gasteiger partial charge >= 0.3 is 17.9 Å². The van der Waals surface area contributed by atoms with Gasteiger partial charge in [-0.3, -0.25) is 0 Å². The van der Waals surface area contributed by atoms with Crippen LogP contribution in [-0.2, 0) is 19.1 Å². The summed E-state index contributed by atoms with van der Waals surface area (Å²) in [4.78, 5) is 35.0. The van der Waals surface area contributed by atoms with E-state index in [1.165, 1.54) is 0 Å². The molecule has 2 aromatic rings. The molecule has 0 N–H and O–H groups in total. The number of esters is 3. The second-order valence-electron chi connectivity index (χ2n) is 9.06. The maximum absolute atomic E-state index is 12.8. The van der Waals surface area contributed by atoms with Crippen LogP contribution in [0.15, 0.2) is 67.8 Å². The smallest absolute Gasteiger partial charge is 0.343 e. The van der Waals surface area contributed by atoms with E-state index in [4.69, 9.17) is 23.7 Å². The normalized spacial score (nSPS) is 10.3. The first-order valence-electron chi connectivity index (χ1n) is 13.7. The Hall–Kier alpha value is -4.07. The first-order valence-corrected chi connectivity index (χ1v) is 13.7. The monoisotopic (exact) mass is 552 g/mol. The largest absolute Gasteiger partial charge is 0.490 e. The number of carbonyl (C=O) groups excluding carboxylic acids is 3. The zero-order chi connectivity index (χ0) is 29.0. The Bertz CT molecular complexity index is 1090. The first-order chi connectivity index (χ1) is 19.5. The van der Waals surface area contributed by atoms with Gasteiger partial charge in [-0.25, -0.2) is 14.4 Å². The molecule has 0 amide bonds. The number of unbranched alkanes of at least 4 members (excludes halogenated alkanes) is 6. The van der Waals surface area contributed by atoms with E-state index in [1.807, 2.05) is 25.1 Å². The predicted molar refractivity (Wildman–Crippen MR) is 153 cm³/mol. The highest BCUT2D eigenvalue weighted by molar-refractivity contribution is 5.91. The van der Waals surface area contributed by atoms with Crippen LogP contribution in [0.4, 0.5) is 0 Å². The number of ether oxygens (including phenoxy) is 5. The van der Waals surface area contributed by atoms with Crippen LogP contribution in [0.3, 0.4) is 0 Å². The van der Waals surface area contributed by atoms with Crippen LogP contribution < -0.4 is 14.2 Å². The molecule has 0 fully saturated rings. The van der Waals surface area contributed by atoms with E-state index < -0.39 is 17.9 Å². The highest BCUT2D eigenvalue weighted by atomic mass is 16.6. The van der Waals surface area contributed by atoms with Crippen molar-refractivity contribution in [1.29, 1.82) is 0 Å². The first kappa shape index (κ1) is 32.1. The number of benzene rings is 2. The third-order valence-corrected chi connectivity index (χ3v) is 5.88. The molecule has 0 radical (unpaired) electrons. The Morgan fingerprint density at radius 2 is 1.18 bits per heavy atom. The standard InChI is InChI=1S/C32H40O8/c1-4-28(33)37-22-14-7-6-13-21-36-27-20-19-25(3)30(40-32(35)26-17-11-10-12-18-26)31(27)39-24-16-9-8-15-23-38-29(34)5-2/h4-5,10-12,17-20H,1-2,6-9,13-16,21-24H2,3H3. The summed E-state index contributed by atoms with van der Waals surface area (Å²) in [6.07, 6.45) is 8.99. The van der Waals surface area contributed by atoms with Crippen molar-refractivity contribution in [2.24, 2.45) is 0 Å². The minimum Gasteiger partial charge on any atom is -0.490 e. The molecule has 0 aromatic heterocycles. The van der Waals surface area contributed by atoms with Crippen LogP contribution in [0, 0.1) is 6.92 Å². The lowest BCUT2D eigenvalue weighted by molar-refractivity contribution is -0.138. The van der Waals surface area contributed by atoms with E-state index >= 15 is 0 Å². The van der Waals surface area contributed by atoms with Crippen LogP contribution in [0.2, 0.25) is 0 Å². The fourth-order valence-electron chi connectivity index (χ4n) is 3.68. The molecule has 0 saturated heterocycles. The molecule has 2 aromatic carbocycles. The molecule has 0 aliphatic rings. The van der Waals surface area contributed by atoms with Crippen LogP contribution in [-0.4, -0.2) is 44.3 Å². The Labute approximate surface area is 236 Å². The topological polar surface area (TPSA) is 97.4 Å². The summed E-state index contributed by atoms with van der Waals surface area (Å²) in [5.41, 5.74) is 1.19. The number of rotatable bonds is 20. The molecule has 0 unspecified atom stereocenters. The van der Waals surface area contributed by atoms with Crippen LogP contribution in [0.25, 0.3) is 0 Å². The molecule has 8 heteroatoms. The van der Waals surface area contributed by atoms with Gasteiger partial charge in [0, 0.05) is 12.2 Å². The van der Waals surface area contributed by atoms with E-state index in [-0.39, 0.29) is 0 Å². The Balaban J connectivity index is 1.95. The summed E-state index contributed by atoms with van der Waals surface area (Å²) in [6, 6.07) is 12.5. The second-order valence-corrected chi connectivity index (χ2v) is 9.06. The van der Waals surface area contributed by atoms with Gasteiger partial charge in [-0.2, -0.15) is 0 Å². The van der Waals surface area contributed by atoms with Gasteiger partial charge in [0.05, 0.1) is 32.0 Å². The third kappa shape index (κ3) is 12.2. The molecule has 8 nitrogen and oxygen atoms in total. The summed E-state index contributed by atoms with van der Waals surface area (Å²) in [5, 5.41) is 0.